The molecule has 1 rings (SSSR count). The summed E-state index contributed by atoms with van der Waals surface area (Å²) in [4.78, 5) is 4.62. The van der Waals surface area contributed by atoms with Crippen LogP contribution in [-0.2, 0) is 6.54 Å². The third-order valence-electron chi connectivity index (χ3n) is 3.49. The average Bonchev–Trinajstić information content (AvgIpc) is 2.38. The van der Waals surface area contributed by atoms with Crippen molar-refractivity contribution in [1.29, 1.82) is 0 Å². The van der Waals surface area contributed by atoms with Gasteiger partial charge in [0.15, 0.2) is 0 Å². The Bertz CT molecular complexity index is 406. The molecule has 0 saturated carbocycles. The second-order valence-electron chi connectivity index (χ2n) is 6.49. The van der Waals surface area contributed by atoms with Gasteiger partial charge in [0.1, 0.15) is 5.75 Å². The minimum Gasteiger partial charge on any atom is -0.491 e. The number of ether oxygens (including phenoxy) is 1. The lowest BCUT2D eigenvalue weighted by Crippen LogP contribution is -2.35. The van der Waals surface area contributed by atoms with Crippen molar-refractivity contribution in [2.75, 3.05) is 6.61 Å². The monoisotopic (exact) mass is 278 g/mol. The highest BCUT2D eigenvalue weighted by atomic mass is 16.5. The molecule has 0 aliphatic rings. The first kappa shape index (κ1) is 17.0. The Morgan fingerprint density at radius 2 is 1.85 bits per heavy atom. The average molecular weight is 278 g/mol. The van der Waals surface area contributed by atoms with Crippen LogP contribution in [0.5, 0.6) is 5.75 Å². The van der Waals surface area contributed by atoms with Crippen LogP contribution in [0.15, 0.2) is 12.1 Å². The fraction of sp³-hybridized carbons (Fsp3) is 0.706. The number of nitrogens with zero attached hydrogens (tertiary/aromatic N) is 1. The molecule has 1 heterocycles. The van der Waals surface area contributed by atoms with Crippen LogP contribution in [0.2, 0.25) is 0 Å². The zero-order valence-corrected chi connectivity index (χ0v) is 13.9. The van der Waals surface area contributed by atoms with Gasteiger partial charge < -0.3 is 10.1 Å². The molecule has 0 fully saturated rings. The molecule has 0 aliphatic heterocycles. The fourth-order valence-electron chi connectivity index (χ4n) is 1.94. The maximum Gasteiger partial charge on any atom is 0.142 e. The fourth-order valence-corrected chi connectivity index (χ4v) is 1.94. The molecule has 0 unspecified atom stereocenters. The Kier molecular flexibility index (Phi) is 6.47. The SMILES string of the molecule is CCC(CC)COc1ccc(C)nc1CNC(C)(C)C. The third kappa shape index (κ3) is 5.91. The van der Waals surface area contributed by atoms with Crippen molar-refractivity contribution in [2.24, 2.45) is 5.92 Å². The second-order valence-corrected chi connectivity index (χ2v) is 6.49. The molecule has 1 aromatic heterocycles. The van der Waals surface area contributed by atoms with E-state index in [4.69, 9.17) is 4.74 Å². The second kappa shape index (κ2) is 7.63. The van der Waals surface area contributed by atoms with E-state index in [1.165, 1.54) is 0 Å². The predicted molar refractivity (Wildman–Crippen MR) is 85.1 cm³/mol. The van der Waals surface area contributed by atoms with Crippen LogP contribution in [-0.4, -0.2) is 17.1 Å². The minimum atomic E-state index is 0.0814. The molecular formula is C17H30N2O. The summed E-state index contributed by atoms with van der Waals surface area (Å²) in [6.45, 7) is 14.4. The standard InChI is InChI=1S/C17H30N2O/c1-7-14(8-2)12-20-16-10-9-13(3)19-15(16)11-18-17(4,5)6/h9-10,14,18H,7-8,11-12H2,1-6H3. The molecule has 3 nitrogen and oxygen atoms in total. The largest absolute Gasteiger partial charge is 0.491 e. The van der Waals surface area contributed by atoms with Crippen LogP contribution in [0.3, 0.4) is 0 Å². The van der Waals surface area contributed by atoms with Gasteiger partial charge in [-0.1, -0.05) is 26.7 Å². The summed E-state index contributed by atoms with van der Waals surface area (Å²) in [5.74, 6) is 1.54. The van der Waals surface area contributed by atoms with E-state index in [9.17, 15) is 0 Å². The van der Waals surface area contributed by atoms with E-state index < -0.39 is 0 Å². The van der Waals surface area contributed by atoms with Gasteiger partial charge in [0.2, 0.25) is 0 Å². The van der Waals surface area contributed by atoms with Crippen LogP contribution in [0, 0.1) is 12.8 Å². The molecule has 1 N–H and O–H groups in total. The topological polar surface area (TPSA) is 34.1 Å². The Labute approximate surface area is 124 Å². The van der Waals surface area contributed by atoms with Gasteiger partial charge in [0.05, 0.1) is 12.3 Å². The van der Waals surface area contributed by atoms with E-state index in [1.807, 2.05) is 19.1 Å². The summed E-state index contributed by atoms with van der Waals surface area (Å²) in [6.07, 6.45) is 2.32. The van der Waals surface area contributed by atoms with Gasteiger partial charge in [0.25, 0.3) is 0 Å². The lowest BCUT2D eigenvalue weighted by molar-refractivity contribution is 0.236. The molecule has 0 aromatic carbocycles. The zero-order valence-electron chi connectivity index (χ0n) is 13.9. The van der Waals surface area contributed by atoms with Crippen molar-refractivity contribution in [1.82, 2.24) is 10.3 Å². The van der Waals surface area contributed by atoms with E-state index in [-0.39, 0.29) is 5.54 Å². The number of hydrogen-bond acceptors (Lipinski definition) is 3. The summed E-state index contributed by atoms with van der Waals surface area (Å²) in [6, 6.07) is 4.06. The molecular weight excluding hydrogens is 248 g/mol. The number of hydrogen-bond donors (Lipinski definition) is 1. The Balaban J connectivity index is 2.74. The maximum atomic E-state index is 6.00. The third-order valence-corrected chi connectivity index (χ3v) is 3.49. The van der Waals surface area contributed by atoms with E-state index >= 15 is 0 Å². The first-order valence-corrected chi connectivity index (χ1v) is 7.70. The number of aryl methyl sites for hydroxylation is 1. The molecule has 0 aliphatic carbocycles. The summed E-state index contributed by atoms with van der Waals surface area (Å²) >= 11 is 0. The molecule has 3 heteroatoms. The summed E-state index contributed by atoms with van der Waals surface area (Å²) in [5, 5.41) is 3.48. The maximum absolute atomic E-state index is 6.00. The summed E-state index contributed by atoms with van der Waals surface area (Å²) < 4.78 is 6.00. The van der Waals surface area contributed by atoms with Crippen molar-refractivity contribution < 1.29 is 4.74 Å². The molecule has 0 bridgehead atoms. The number of nitrogens with one attached hydrogen (secondary N) is 1. The van der Waals surface area contributed by atoms with E-state index in [2.05, 4.69) is 44.9 Å². The number of aromatic nitrogens is 1. The predicted octanol–water partition coefficient (Wildman–Crippen LogP) is 4.09. The minimum absolute atomic E-state index is 0.0814. The van der Waals surface area contributed by atoms with Gasteiger partial charge in [-0.05, 0) is 45.7 Å². The Hall–Kier alpha value is -1.09. The van der Waals surface area contributed by atoms with E-state index in [0.717, 1.165) is 43.1 Å². The van der Waals surface area contributed by atoms with Crippen molar-refractivity contribution in [2.45, 2.75) is 66.5 Å². The van der Waals surface area contributed by atoms with E-state index in [0.29, 0.717) is 5.92 Å². The van der Waals surface area contributed by atoms with Gasteiger partial charge in [-0.2, -0.15) is 0 Å². The molecule has 0 spiro atoms. The van der Waals surface area contributed by atoms with Crippen LogP contribution < -0.4 is 10.1 Å². The summed E-state index contributed by atoms with van der Waals surface area (Å²) in [5.41, 5.74) is 2.12. The van der Waals surface area contributed by atoms with Gasteiger partial charge in [0, 0.05) is 17.8 Å². The molecule has 0 saturated heterocycles. The highest BCUT2D eigenvalue weighted by Gasteiger charge is 2.13. The Morgan fingerprint density at radius 1 is 1.20 bits per heavy atom. The van der Waals surface area contributed by atoms with Crippen LogP contribution in [0.25, 0.3) is 0 Å². The van der Waals surface area contributed by atoms with Crippen molar-refractivity contribution >= 4 is 0 Å². The van der Waals surface area contributed by atoms with Crippen LogP contribution >= 0.6 is 0 Å². The molecule has 0 radical (unpaired) electrons. The van der Waals surface area contributed by atoms with Crippen molar-refractivity contribution in [3.63, 3.8) is 0 Å². The molecule has 20 heavy (non-hydrogen) atoms. The van der Waals surface area contributed by atoms with Crippen LogP contribution in [0.4, 0.5) is 0 Å². The summed E-state index contributed by atoms with van der Waals surface area (Å²) in [7, 11) is 0. The van der Waals surface area contributed by atoms with Gasteiger partial charge in [-0.15, -0.1) is 0 Å². The smallest absolute Gasteiger partial charge is 0.142 e. The zero-order chi connectivity index (χ0) is 15.2. The molecule has 1 aromatic rings. The van der Waals surface area contributed by atoms with E-state index in [1.54, 1.807) is 0 Å². The van der Waals surface area contributed by atoms with Crippen molar-refractivity contribution in [3.05, 3.63) is 23.5 Å². The van der Waals surface area contributed by atoms with Crippen LogP contribution in [0.1, 0.15) is 58.8 Å². The van der Waals surface area contributed by atoms with Crippen molar-refractivity contribution in [3.8, 4) is 5.75 Å². The normalized spacial score (nSPS) is 11.9. The first-order valence-electron chi connectivity index (χ1n) is 7.70. The van der Waals surface area contributed by atoms with Gasteiger partial charge >= 0.3 is 0 Å². The highest BCUT2D eigenvalue weighted by molar-refractivity contribution is 5.29. The molecule has 114 valence electrons. The lowest BCUT2D eigenvalue weighted by atomic mass is 10.1. The highest BCUT2D eigenvalue weighted by Crippen LogP contribution is 2.20. The molecule has 0 amide bonds. The number of pyridine rings is 1. The lowest BCUT2D eigenvalue weighted by Gasteiger charge is -2.22. The Morgan fingerprint density at radius 3 is 2.40 bits per heavy atom. The quantitative estimate of drug-likeness (QED) is 0.815. The molecule has 0 atom stereocenters. The van der Waals surface area contributed by atoms with Gasteiger partial charge in [-0.3, -0.25) is 4.98 Å². The number of rotatable bonds is 7. The first-order chi connectivity index (χ1) is 9.35. The van der Waals surface area contributed by atoms with Gasteiger partial charge in [-0.25, -0.2) is 0 Å².